The van der Waals surface area contributed by atoms with E-state index in [-0.39, 0.29) is 18.2 Å². The SMILES string of the molecule is N#Cc1cccc(-c2ccc3nc(Cc4nnc(CC(=O)NC5(C#N)CC5)o4)sc3c2)c1. The molecule has 0 spiro atoms. The van der Waals surface area contributed by atoms with Crippen LogP contribution < -0.4 is 5.32 Å². The molecule has 0 unspecified atom stereocenters. The van der Waals surface area contributed by atoms with Crippen LogP contribution in [0.15, 0.2) is 46.9 Å². The average Bonchev–Trinajstić information content (AvgIpc) is 3.24. The Bertz CT molecular complexity index is 1420. The number of fused-ring (bicyclic) bond motifs is 1. The molecule has 0 saturated heterocycles. The largest absolute Gasteiger partial charge is 0.424 e. The maximum Gasteiger partial charge on any atom is 0.230 e. The van der Waals surface area contributed by atoms with Crippen LogP contribution in [0.5, 0.6) is 0 Å². The van der Waals surface area contributed by atoms with Crippen molar-refractivity contribution in [2.45, 2.75) is 31.2 Å². The van der Waals surface area contributed by atoms with Crippen LogP contribution in [0.1, 0.15) is 35.2 Å². The van der Waals surface area contributed by atoms with Gasteiger partial charge in [-0.15, -0.1) is 21.5 Å². The number of carbonyl (C=O) groups is 1. The number of rotatable bonds is 6. The van der Waals surface area contributed by atoms with Gasteiger partial charge in [0, 0.05) is 0 Å². The fourth-order valence-corrected chi connectivity index (χ4v) is 4.39. The second kappa shape index (κ2) is 7.88. The summed E-state index contributed by atoms with van der Waals surface area (Å²) in [6.07, 6.45) is 1.66. The van der Waals surface area contributed by atoms with Crippen LogP contribution in [0.3, 0.4) is 0 Å². The molecule has 156 valence electrons. The van der Waals surface area contributed by atoms with E-state index in [1.54, 1.807) is 6.07 Å². The molecule has 1 amide bonds. The normalized spacial score (nSPS) is 13.9. The molecule has 5 rings (SSSR count). The van der Waals surface area contributed by atoms with Gasteiger partial charge in [-0.3, -0.25) is 4.79 Å². The molecule has 8 nitrogen and oxygen atoms in total. The highest BCUT2D eigenvalue weighted by atomic mass is 32.1. The Morgan fingerprint density at radius 1 is 1.12 bits per heavy atom. The van der Waals surface area contributed by atoms with Crippen molar-refractivity contribution in [1.29, 1.82) is 10.5 Å². The van der Waals surface area contributed by atoms with E-state index >= 15 is 0 Å². The number of thiazole rings is 1. The molecule has 9 heteroatoms. The lowest BCUT2D eigenvalue weighted by Crippen LogP contribution is -2.36. The number of hydrogen-bond acceptors (Lipinski definition) is 8. The van der Waals surface area contributed by atoms with E-state index < -0.39 is 5.54 Å². The minimum absolute atomic E-state index is 0.0542. The summed E-state index contributed by atoms with van der Waals surface area (Å²) in [5.74, 6) is 0.300. The first-order valence-corrected chi connectivity index (χ1v) is 10.8. The van der Waals surface area contributed by atoms with E-state index in [0.29, 0.717) is 30.7 Å². The molecule has 32 heavy (non-hydrogen) atoms. The molecule has 1 saturated carbocycles. The standard InChI is InChI=1S/C23H16N6O2S/c24-12-14-2-1-3-15(8-14)16-4-5-17-18(9-16)32-22(26-17)11-21-29-28-20(31-21)10-19(30)27-23(13-25)6-7-23/h1-5,8-9H,6-7,10-11H2,(H,27,30). The van der Waals surface area contributed by atoms with E-state index in [4.69, 9.17) is 14.9 Å². The quantitative estimate of drug-likeness (QED) is 0.486. The molecule has 1 N–H and O–H groups in total. The lowest BCUT2D eigenvalue weighted by atomic mass is 10.0. The topological polar surface area (TPSA) is 128 Å². The van der Waals surface area contributed by atoms with Crippen molar-refractivity contribution in [3.05, 3.63) is 64.8 Å². The number of amides is 1. The number of benzene rings is 2. The van der Waals surface area contributed by atoms with Crippen molar-refractivity contribution in [2.75, 3.05) is 0 Å². The highest BCUT2D eigenvalue weighted by molar-refractivity contribution is 7.18. The van der Waals surface area contributed by atoms with Crippen molar-refractivity contribution < 1.29 is 9.21 Å². The van der Waals surface area contributed by atoms with E-state index in [0.717, 1.165) is 26.4 Å². The molecule has 0 atom stereocenters. The van der Waals surface area contributed by atoms with Crippen LogP contribution in [0.25, 0.3) is 21.3 Å². The third kappa shape index (κ3) is 4.07. The van der Waals surface area contributed by atoms with Gasteiger partial charge in [0.05, 0.1) is 34.3 Å². The van der Waals surface area contributed by atoms with Crippen LogP contribution in [-0.4, -0.2) is 26.6 Å². The van der Waals surface area contributed by atoms with E-state index in [1.165, 1.54) is 11.3 Å². The first-order chi connectivity index (χ1) is 15.6. The van der Waals surface area contributed by atoms with Gasteiger partial charge in [-0.2, -0.15) is 10.5 Å². The summed E-state index contributed by atoms with van der Waals surface area (Å²) < 4.78 is 6.63. The Morgan fingerprint density at radius 3 is 2.72 bits per heavy atom. The van der Waals surface area contributed by atoms with Gasteiger partial charge in [-0.1, -0.05) is 18.2 Å². The van der Waals surface area contributed by atoms with Crippen molar-refractivity contribution >= 4 is 27.5 Å². The Kier molecular flexibility index (Phi) is 4.89. The average molecular weight is 440 g/mol. The van der Waals surface area contributed by atoms with Crippen molar-refractivity contribution in [1.82, 2.24) is 20.5 Å². The number of nitrogens with zero attached hydrogens (tertiary/aromatic N) is 5. The third-order valence-electron chi connectivity index (χ3n) is 5.22. The minimum atomic E-state index is -0.713. The first-order valence-electron chi connectivity index (χ1n) is 9.99. The summed E-state index contributed by atoms with van der Waals surface area (Å²) in [5.41, 5.74) is 2.77. The maximum atomic E-state index is 12.1. The van der Waals surface area contributed by atoms with Crippen LogP contribution in [-0.2, 0) is 17.6 Å². The zero-order valence-corrected chi connectivity index (χ0v) is 17.6. The molecular formula is C23H16N6O2S. The fourth-order valence-electron chi connectivity index (χ4n) is 3.39. The number of carbonyl (C=O) groups excluding carboxylic acids is 1. The molecule has 1 aliphatic rings. The van der Waals surface area contributed by atoms with Gasteiger partial charge in [0.15, 0.2) is 0 Å². The van der Waals surface area contributed by atoms with Crippen molar-refractivity contribution in [3.8, 4) is 23.3 Å². The Balaban J connectivity index is 1.29. The molecule has 1 aliphatic carbocycles. The lowest BCUT2D eigenvalue weighted by molar-refractivity contribution is -0.121. The zero-order chi connectivity index (χ0) is 22.1. The highest BCUT2D eigenvalue weighted by Gasteiger charge is 2.44. The smallest absolute Gasteiger partial charge is 0.230 e. The number of nitrogens with one attached hydrogen (secondary N) is 1. The van der Waals surface area contributed by atoms with Crippen LogP contribution in [0.2, 0.25) is 0 Å². The molecule has 0 aliphatic heterocycles. The second-order valence-electron chi connectivity index (χ2n) is 7.67. The molecule has 0 bridgehead atoms. The zero-order valence-electron chi connectivity index (χ0n) is 16.8. The van der Waals surface area contributed by atoms with Crippen LogP contribution >= 0.6 is 11.3 Å². The summed E-state index contributed by atoms with van der Waals surface area (Å²) in [4.78, 5) is 16.7. The predicted octanol–water partition coefficient (Wildman–Crippen LogP) is 3.52. The van der Waals surface area contributed by atoms with E-state index in [9.17, 15) is 4.79 Å². The van der Waals surface area contributed by atoms with Gasteiger partial charge in [-0.25, -0.2) is 4.98 Å². The first kappa shape index (κ1) is 19.9. The monoisotopic (exact) mass is 440 g/mol. The second-order valence-corrected chi connectivity index (χ2v) is 8.78. The van der Waals surface area contributed by atoms with Crippen molar-refractivity contribution in [2.24, 2.45) is 0 Å². The molecular weight excluding hydrogens is 424 g/mol. The van der Waals surface area contributed by atoms with Gasteiger partial charge in [0.2, 0.25) is 17.7 Å². The molecule has 2 aromatic heterocycles. The number of nitriles is 2. The summed E-state index contributed by atoms with van der Waals surface area (Å²) >= 11 is 1.53. The Labute approximate surface area is 187 Å². The number of aromatic nitrogens is 3. The third-order valence-corrected chi connectivity index (χ3v) is 6.24. The van der Waals surface area contributed by atoms with Crippen LogP contribution in [0.4, 0.5) is 0 Å². The summed E-state index contributed by atoms with van der Waals surface area (Å²) in [6.45, 7) is 0. The summed E-state index contributed by atoms with van der Waals surface area (Å²) in [5, 5.41) is 29.7. The van der Waals surface area contributed by atoms with E-state index in [1.807, 2.05) is 30.3 Å². The van der Waals surface area contributed by atoms with Gasteiger partial charge in [0.1, 0.15) is 17.0 Å². The fraction of sp³-hybridized carbons (Fsp3) is 0.217. The minimum Gasteiger partial charge on any atom is -0.424 e. The Hall–Kier alpha value is -4.08. The van der Waals surface area contributed by atoms with Crippen molar-refractivity contribution in [3.63, 3.8) is 0 Å². The molecule has 2 heterocycles. The lowest BCUT2D eigenvalue weighted by Gasteiger charge is -2.06. The summed E-state index contributed by atoms with van der Waals surface area (Å²) in [7, 11) is 0. The maximum absolute atomic E-state index is 12.1. The summed E-state index contributed by atoms with van der Waals surface area (Å²) in [6, 6.07) is 17.8. The molecule has 2 aromatic carbocycles. The van der Waals surface area contributed by atoms with E-state index in [2.05, 4.69) is 38.7 Å². The number of hydrogen-bond donors (Lipinski definition) is 1. The van der Waals surface area contributed by atoms with Gasteiger partial charge in [-0.05, 0) is 48.2 Å². The Morgan fingerprint density at radius 2 is 1.94 bits per heavy atom. The highest BCUT2D eigenvalue weighted by Crippen LogP contribution is 2.34. The molecule has 0 radical (unpaired) electrons. The van der Waals surface area contributed by atoms with Gasteiger partial charge >= 0.3 is 0 Å². The predicted molar refractivity (Wildman–Crippen MR) is 116 cm³/mol. The van der Waals surface area contributed by atoms with Crippen LogP contribution in [0, 0.1) is 22.7 Å². The van der Waals surface area contributed by atoms with Gasteiger partial charge < -0.3 is 9.73 Å². The molecule has 1 fully saturated rings. The van der Waals surface area contributed by atoms with Gasteiger partial charge in [0.25, 0.3) is 0 Å². The molecule has 4 aromatic rings.